The maximum absolute atomic E-state index is 12.4. The average molecular weight is 339 g/mol. The Morgan fingerprint density at radius 2 is 2.20 bits per heavy atom. The Kier molecular flexibility index (Phi) is 4.05. The molecule has 4 rings (SSSR count). The predicted octanol–water partition coefficient (Wildman–Crippen LogP) is 3.14. The maximum atomic E-state index is 12.4. The number of aromatic nitrogens is 2. The number of fused-ring (bicyclic) bond motifs is 1. The summed E-state index contributed by atoms with van der Waals surface area (Å²) in [6.45, 7) is 5.50. The third-order valence-corrected chi connectivity index (χ3v) is 4.61. The third-order valence-electron chi connectivity index (χ3n) is 4.61. The van der Waals surface area contributed by atoms with Crippen molar-refractivity contribution in [1.29, 1.82) is 0 Å². The normalized spacial score (nSPS) is 15.9. The number of nitrogens with zero attached hydrogens (tertiary/aromatic N) is 1. The lowest BCUT2D eigenvalue weighted by Gasteiger charge is -2.24. The molecule has 1 saturated heterocycles. The van der Waals surface area contributed by atoms with Gasteiger partial charge in [-0.15, -0.1) is 0 Å². The van der Waals surface area contributed by atoms with Crippen molar-refractivity contribution < 1.29 is 14.1 Å². The van der Waals surface area contributed by atoms with Crippen LogP contribution in [-0.4, -0.2) is 29.3 Å². The summed E-state index contributed by atoms with van der Waals surface area (Å²) in [6, 6.07) is 9.84. The largest absolute Gasteiger partial charge is 0.381 e. The van der Waals surface area contributed by atoms with Gasteiger partial charge in [0, 0.05) is 29.6 Å². The second kappa shape index (κ2) is 6.37. The van der Waals surface area contributed by atoms with E-state index in [4.69, 9.17) is 9.26 Å². The van der Waals surface area contributed by atoms with Crippen LogP contribution in [0.4, 0.5) is 0 Å². The number of rotatable bonds is 5. The van der Waals surface area contributed by atoms with Crippen molar-refractivity contribution in [2.45, 2.75) is 26.3 Å². The van der Waals surface area contributed by atoms with Crippen LogP contribution in [0.25, 0.3) is 10.9 Å². The smallest absolute Gasteiger partial charge is 0.290 e. The first-order valence-electron chi connectivity index (χ1n) is 8.52. The first-order chi connectivity index (χ1) is 12.1. The van der Waals surface area contributed by atoms with Gasteiger partial charge in [0.1, 0.15) is 0 Å². The van der Waals surface area contributed by atoms with E-state index >= 15 is 0 Å². The number of carbonyl (C=O) groups is 1. The molecular formula is C19H21N3O3. The van der Waals surface area contributed by atoms with Crippen LogP contribution in [0, 0.1) is 12.8 Å². The summed E-state index contributed by atoms with van der Waals surface area (Å²) in [4.78, 5) is 15.7. The monoisotopic (exact) mass is 339 g/mol. The summed E-state index contributed by atoms with van der Waals surface area (Å²) in [5.74, 6) is 0.485. The molecule has 0 spiro atoms. The fraction of sp³-hybridized carbons (Fsp3) is 0.368. The molecule has 0 aliphatic carbocycles. The lowest BCUT2D eigenvalue weighted by atomic mass is 10.0. The van der Waals surface area contributed by atoms with Gasteiger partial charge in [0.25, 0.3) is 5.91 Å². The number of ether oxygens (including phenoxy) is 1. The zero-order chi connectivity index (χ0) is 17.4. The van der Waals surface area contributed by atoms with Crippen LogP contribution in [0.3, 0.4) is 0 Å². The summed E-state index contributed by atoms with van der Waals surface area (Å²) in [5, 5.41) is 8.10. The molecule has 0 radical (unpaired) electrons. The van der Waals surface area contributed by atoms with Gasteiger partial charge >= 0.3 is 0 Å². The zero-order valence-electron chi connectivity index (χ0n) is 14.3. The van der Waals surface area contributed by atoms with Crippen molar-refractivity contribution in [1.82, 2.24) is 15.5 Å². The second-order valence-corrected chi connectivity index (χ2v) is 6.78. The Morgan fingerprint density at radius 3 is 2.96 bits per heavy atom. The van der Waals surface area contributed by atoms with Crippen LogP contribution in [0.2, 0.25) is 0 Å². The highest BCUT2D eigenvalue weighted by Gasteiger charge is 2.22. The highest BCUT2D eigenvalue weighted by atomic mass is 16.5. The second-order valence-electron chi connectivity index (χ2n) is 6.78. The number of amides is 1. The first kappa shape index (κ1) is 15.9. The number of H-pyrrole nitrogens is 1. The molecule has 2 aromatic heterocycles. The van der Waals surface area contributed by atoms with Gasteiger partial charge in [-0.25, -0.2) is 0 Å². The number of aromatic amines is 1. The molecule has 25 heavy (non-hydrogen) atoms. The molecule has 1 aliphatic rings. The molecule has 3 heterocycles. The van der Waals surface area contributed by atoms with E-state index in [1.165, 1.54) is 0 Å². The van der Waals surface area contributed by atoms with E-state index in [-0.39, 0.29) is 17.7 Å². The van der Waals surface area contributed by atoms with Crippen molar-refractivity contribution >= 4 is 16.8 Å². The molecule has 1 fully saturated rings. The molecule has 1 amide bonds. The predicted molar refractivity (Wildman–Crippen MR) is 93.4 cm³/mol. The van der Waals surface area contributed by atoms with Gasteiger partial charge < -0.3 is 19.6 Å². The lowest BCUT2D eigenvalue weighted by molar-refractivity contribution is -0.0318. The quantitative estimate of drug-likeness (QED) is 0.748. The Morgan fingerprint density at radius 1 is 1.36 bits per heavy atom. The van der Waals surface area contributed by atoms with E-state index in [9.17, 15) is 4.79 Å². The number of benzene rings is 1. The summed E-state index contributed by atoms with van der Waals surface area (Å²) < 4.78 is 10.4. The number of hydrogen-bond donors (Lipinski definition) is 2. The van der Waals surface area contributed by atoms with Crippen LogP contribution in [0.1, 0.15) is 40.5 Å². The van der Waals surface area contributed by atoms with E-state index in [1.54, 1.807) is 6.07 Å². The standard InChI is InChI=1S/C19H21N3O3/c1-11-5-15-7-14(3-4-17(15)20-11)12(2)21-19(23)18-8-16(22-25-18)6-13-9-24-10-13/h3-5,7-8,12-13,20H,6,9-10H2,1-2H3,(H,21,23)/t12-/m1/s1. The minimum Gasteiger partial charge on any atom is -0.381 e. The zero-order valence-corrected chi connectivity index (χ0v) is 14.3. The van der Waals surface area contributed by atoms with Crippen molar-refractivity contribution in [3.8, 4) is 0 Å². The molecular weight excluding hydrogens is 318 g/mol. The summed E-state index contributed by atoms with van der Waals surface area (Å²) in [7, 11) is 0. The van der Waals surface area contributed by atoms with E-state index in [0.717, 1.165) is 47.5 Å². The van der Waals surface area contributed by atoms with E-state index in [1.807, 2.05) is 26.0 Å². The highest BCUT2D eigenvalue weighted by Crippen LogP contribution is 2.22. The van der Waals surface area contributed by atoms with Gasteiger partial charge in [0.2, 0.25) is 5.76 Å². The molecule has 0 saturated carbocycles. The molecule has 2 N–H and O–H groups in total. The number of carbonyl (C=O) groups excluding carboxylic acids is 1. The molecule has 0 unspecified atom stereocenters. The molecule has 1 atom stereocenters. The Labute approximate surface area is 145 Å². The topological polar surface area (TPSA) is 80.2 Å². The lowest BCUT2D eigenvalue weighted by Crippen LogP contribution is -2.29. The van der Waals surface area contributed by atoms with E-state index in [0.29, 0.717) is 5.92 Å². The van der Waals surface area contributed by atoms with Crippen LogP contribution in [0.5, 0.6) is 0 Å². The molecule has 3 aromatic rings. The van der Waals surface area contributed by atoms with Crippen LogP contribution >= 0.6 is 0 Å². The highest BCUT2D eigenvalue weighted by molar-refractivity contribution is 5.91. The minimum atomic E-state index is -0.249. The molecule has 1 aliphatic heterocycles. The number of nitrogens with one attached hydrogen (secondary N) is 2. The van der Waals surface area contributed by atoms with Crippen molar-refractivity contribution in [2.24, 2.45) is 5.92 Å². The Balaban J connectivity index is 1.43. The molecule has 6 nitrogen and oxygen atoms in total. The van der Waals surface area contributed by atoms with Crippen LogP contribution in [-0.2, 0) is 11.2 Å². The van der Waals surface area contributed by atoms with Gasteiger partial charge in [0.05, 0.1) is 24.9 Å². The van der Waals surface area contributed by atoms with Gasteiger partial charge in [-0.2, -0.15) is 0 Å². The molecule has 130 valence electrons. The Hall–Kier alpha value is -2.60. The van der Waals surface area contributed by atoms with E-state index in [2.05, 4.69) is 27.6 Å². The number of hydrogen-bond acceptors (Lipinski definition) is 4. The van der Waals surface area contributed by atoms with Gasteiger partial charge in [0.15, 0.2) is 0 Å². The molecule has 1 aromatic carbocycles. The van der Waals surface area contributed by atoms with Crippen molar-refractivity contribution in [3.63, 3.8) is 0 Å². The van der Waals surface area contributed by atoms with Crippen molar-refractivity contribution in [2.75, 3.05) is 13.2 Å². The maximum Gasteiger partial charge on any atom is 0.290 e. The minimum absolute atomic E-state index is 0.124. The Bertz CT molecular complexity index is 908. The van der Waals surface area contributed by atoms with Crippen LogP contribution in [0.15, 0.2) is 34.9 Å². The average Bonchev–Trinajstić information content (AvgIpc) is 3.15. The van der Waals surface area contributed by atoms with Gasteiger partial charge in [-0.1, -0.05) is 11.2 Å². The molecule has 6 heteroatoms. The summed E-state index contributed by atoms with van der Waals surface area (Å²) in [6.07, 6.45) is 0.788. The summed E-state index contributed by atoms with van der Waals surface area (Å²) >= 11 is 0. The van der Waals surface area contributed by atoms with E-state index < -0.39 is 0 Å². The third kappa shape index (κ3) is 3.30. The fourth-order valence-corrected chi connectivity index (χ4v) is 3.13. The molecule has 0 bridgehead atoms. The summed E-state index contributed by atoms with van der Waals surface area (Å²) in [5.41, 5.74) is 4.07. The first-order valence-corrected chi connectivity index (χ1v) is 8.52. The SMILES string of the molecule is Cc1cc2cc([C@@H](C)NC(=O)c3cc(CC4COC4)no3)ccc2[nH]1. The van der Waals surface area contributed by atoms with Crippen LogP contribution < -0.4 is 5.32 Å². The van der Waals surface area contributed by atoms with Gasteiger partial charge in [-0.3, -0.25) is 4.79 Å². The fourth-order valence-electron chi connectivity index (χ4n) is 3.13. The van der Waals surface area contributed by atoms with Gasteiger partial charge in [-0.05, 0) is 43.0 Å². The number of aryl methyl sites for hydroxylation is 1. The van der Waals surface area contributed by atoms with Crippen molar-refractivity contribution in [3.05, 3.63) is 53.0 Å².